The smallest absolute Gasteiger partial charge is 0.0753 e. The topological polar surface area (TPSA) is 12.0 Å². The maximum absolute atomic E-state index is 3.68. The Balaban J connectivity index is 1.86. The van der Waals surface area contributed by atoms with Crippen LogP contribution in [0.3, 0.4) is 0 Å². The number of hydrogen-bond acceptors (Lipinski definition) is 1. The third-order valence-corrected chi connectivity index (χ3v) is 6.13. The van der Waals surface area contributed by atoms with E-state index in [1.165, 1.54) is 50.3 Å². The molecule has 0 atom stereocenters. The van der Waals surface area contributed by atoms with Crippen molar-refractivity contribution >= 4 is 11.4 Å². The minimum absolute atomic E-state index is 0.267. The first-order valence-electron chi connectivity index (χ1n) is 9.47. The summed E-state index contributed by atoms with van der Waals surface area (Å²) in [7, 11) is 0. The van der Waals surface area contributed by atoms with Crippen LogP contribution in [0.5, 0.6) is 0 Å². The Morgan fingerprint density at radius 2 is 1.11 bits per heavy atom. The molecule has 0 bridgehead atoms. The third-order valence-electron chi connectivity index (χ3n) is 6.13. The fourth-order valence-electron chi connectivity index (χ4n) is 5.10. The van der Waals surface area contributed by atoms with Crippen LogP contribution >= 0.6 is 0 Å². The second-order valence-electron chi connectivity index (χ2n) is 7.56. The van der Waals surface area contributed by atoms with Crippen molar-refractivity contribution in [3.8, 4) is 11.1 Å². The van der Waals surface area contributed by atoms with Crippen molar-refractivity contribution in [3.63, 3.8) is 0 Å². The van der Waals surface area contributed by atoms with Crippen molar-refractivity contribution in [1.82, 2.24) is 0 Å². The Morgan fingerprint density at radius 1 is 0.556 bits per heavy atom. The van der Waals surface area contributed by atoms with E-state index < -0.39 is 0 Å². The number of anilines is 2. The lowest BCUT2D eigenvalue weighted by Gasteiger charge is -2.40. The first-order valence-corrected chi connectivity index (χ1v) is 9.47. The number of hydrogen-bond donors (Lipinski definition) is 1. The molecule has 1 aliphatic heterocycles. The van der Waals surface area contributed by atoms with Gasteiger partial charge >= 0.3 is 0 Å². The zero-order valence-corrected chi connectivity index (χ0v) is 15.2. The van der Waals surface area contributed by atoms with Gasteiger partial charge in [-0.1, -0.05) is 84.4 Å². The maximum Gasteiger partial charge on any atom is 0.0753 e. The van der Waals surface area contributed by atoms with Gasteiger partial charge in [-0.05, 0) is 52.4 Å². The van der Waals surface area contributed by atoms with Crippen molar-refractivity contribution < 1.29 is 0 Å². The van der Waals surface area contributed by atoms with Crippen LogP contribution in [-0.4, -0.2) is 0 Å². The molecule has 0 radical (unpaired) electrons. The van der Waals surface area contributed by atoms with Gasteiger partial charge in [0.2, 0.25) is 0 Å². The molecule has 1 N–H and O–H groups in total. The van der Waals surface area contributed by atoms with Crippen LogP contribution in [0.15, 0.2) is 91.0 Å². The molecule has 1 spiro atoms. The predicted octanol–water partition coefficient (Wildman–Crippen LogP) is 6.42. The monoisotopic (exact) mass is 345 g/mol. The molecule has 0 amide bonds. The summed E-state index contributed by atoms with van der Waals surface area (Å²) in [5, 5.41) is 3.68. The van der Waals surface area contributed by atoms with Gasteiger partial charge < -0.3 is 5.32 Å². The average Bonchev–Trinajstić information content (AvgIpc) is 3.01. The molecule has 0 unspecified atom stereocenters. The van der Waals surface area contributed by atoms with Gasteiger partial charge in [0.25, 0.3) is 0 Å². The Labute approximate surface area is 159 Å². The normalized spacial score (nSPS) is 14.7. The molecule has 6 rings (SSSR count). The molecule has 128 valence electrons. The fourth-order valence-corrected chi connectivity index (χ4v) is 5.10. The zero-order valence-electron chi connectivity index (χ0n) is 15.2. The van der Waals surface area contributed by atoms with Crippen LogP contribution in [0.4, 0.5) is 11.4 Å². The van der Waals surface area contributed by atoms with E-state index in [1.807, 2.05) is 0 Å². The molecular formula is C26H19N. The highest BCUT2D eigenvalue weighted by molar-refractivity contribution is 5.92. The Hall–Kier alpha value is -3.32. The number of benzene rings is 4. The van der Waals surface area contributed by atoms with Crippen molar-refractivity contribution in [2.75, 3.05) is 5.32 Å². The van der Waals surface area contributed by atoms with Gasteiger partial charge in [-0.3, -0.25) is 0 Å². The van der Waals surface area contributed by atoms with Crippen molar-refractivity contribution in [1.29, 1.82) is 0 Å². The van der Waals surface area contributed by atoms with E-state index in [1.54, 1.807) is 0 Å². The van der Waals surface area contributed by atoms with E-state index in [0.717, 1.165) is 0 Å². The predicted molar refractivity (Wildman–Crippen MR) is 112 cm³/mol. The first-order chi connectivity index (χ1) is 13.3. The van der Waals surface area contributed by atoms with E-state index in [2.05, 4.69) is 103 Å². The number of rotatable bonds is 0. The van der Waals surface area contributed by atoms with Gasteiger partial charge in [0.05, 0.1) is 5.41 Å². The standard InChI is InChI=1S/C26H19N/c1-17-14-15-25-23(16-17)26(22-12-6-7-13-24(22)27-25)20-10-4-2-8-18(20)19-9-3-5-11-21(19)26/h2-16,27H,1H3. The highest BCUT2D eigenvalue weighted by atomic mass is 14.9. The summed E-state index contributed by atoms with van der Waals surface area (Å²) in [6.45, 7) is 2.18. The second-order valence-corrected chi connectivity index (χ2v) is 7.56. The summed E-state index contributed by atoms with van der Waals surface area (Å²) in [6.07, 6.45) is 0. The lowest BCUT2D eigenvalue weighted by atomic mass is 9.65. The minimum Gasteiger partial charge on any atom is -0.355 e. The lowest BCUT2D eigenvalue weighted by Crippen LogP contribution is -2.33. The van der Waals surface area contributed by atoms with Gasteiger partial charge in [-0.25, -0.2) is 0 Å². The molecule has 1 aliphatic carbocycles. The van der Waals surface area contributed by atoms with E-state index in [0.29, 0.717) is 0 Å². The summed E-state index contributed by atoms with van der Waals surface area (Å²) in [4.78, 5) is 0. The Bertz CT molecular complexity index is 1170. The molecule has 4 aromatic rings. The molecular weight excluding hydrogens is 326 g/mol. The molecule has 2 aliphatic rings. The molecule has 27 heavy (non-hydrogen) atoms. The third kappa shape index (κ3) is 1.74. The number of fused-ring (bicyclic) bond motifs is 9. The average molecular weight is 345 g/mol. The van der Waals surface area contributed by atoms with Crippen LogP contribution in [0.1, 0.15) is 27.8 Å². The van der Waals surface area contributed by atoms with Gasteiger partial charge in [0, 0.05) is 11.4 Å². The first kappa shape index (κ1) is 14.8. The number of aryl methyl sites for hydroxylation is 1. The quantitative estimate of drug-likeness (QED) is 0.335. The molecule has 0 fully saturated rings. The van der Waals surface area contributed by atoms with Gasteiger partial charge in [-0.2, -0.15) is 0 Å². The molecule has 1 nitrogen and oxygen atoms in total. The largest absolute Gasteiger partial charge is 0.355 e. The number of nitrogens with one attached hydrogen (secondary N) is 1. The van der Waals surface area contributed by atoms with Crippen molar-refractivity contribution in [3.05, 3.63) is 119 Å². The summed E-state index contributed by atoms with van der Waals surface area (Å²) >= 11 is 0. The highest BCUT2D eigenvalue weighted by Crippen LogP contribution is 2.60. The molecule has 4 aromatic carbocycles. The second kappa shape index (κ2) is 5.11. The van der Waals surface area contributed by atoms with Crippen LogP contribution in [0.2, 0.25) is 0 Å². The SMILES string of the molecule is Cc1ccc2c(c1)C1(c3ccccc3N2)c2ccccc2-c2ccccc21. The van der Waals surface area contributed by atoms with Crippen LogP contribution in [-0.2, 0) is 5.41 Å². The molecule has 0 aromatic heterocycles. The van der Waals surface area contributed by atoms with E-state index in [9.17, 15) is 0 Å². The number of para-hydroxylation sites is 1. The Morgan fingerprint density at radius 3 is 1.81 bits per heavy atom. The van der Waals surface area contributed by atoms with Crippen LogP contribution in [0.25, 0.3) is 11.1 Å². The minimum atomic E-state index is -0.267. The van der Waals surface area contributed by atoms with Gasteiger partial charge in [-0.15, -0.1) is 0 Å². The molecule has 1 heterocycles. The van der Waals surface area contributed by atoms with Crippen LogP contribution in [0, 0.1) is 6.92 Å². The van der Waals surface area contributed by atoms with E-state index in [4.69, 9.17) is 0 Å². The maximum atomic E-state index is 3.68. The summed E-state index contributed by atoms with van der Waals surface area (Å²) in [5.74, 6) is 0. The molecule has 0 saturated heterocycles. The summed E-state index contributed by atoms with van der Waals surface area (Å²) in [6, 6.07) is 33.3. The van der Waals surface area contributed by atoms with Gasteiger partial charge in [0.1, 0.15) is 0 Å². The van der Waals surface area contributed by atoms with Crippen molar-refractivity contribution in [2.24, 2.45) is 0 Å². The Kier molecular flexibility index (Phi) is 2.80. The van der Waals surface area contributed by atoms with E-state index >= 15 is 0 Å². The van der Waals surface area contributed by atoms with E-state index in [-0.39, 0.29) is 5.41 Å². The fraction of sp³-hybridized carbons (Fsp3) is 0.0769. The molecule has 1 heteroatoms. The molecule has 0 saturated carbocycles. The van der Waals surface area contributed by atoms with Crippen LogP contribution < -0.4 is 5.32 Å². The van der Waals surface area contributed by atoms with Gasteiger partial charge in [0.15, 0.2) is 0 Å². The summed E-state index contributed by atoms with van der Waals surface area (Å²) < 4.78 is 0. The highest BCUT2D eigenvalue weighted by Gasteiger charge is 2.49. The van der Waals surface area contributed by atoms with Crippen molar-refractivity contribution in [2.45, 2.75) is 12.3 Å². The summed E-state index contributed by atoms with van der Waals surface area (Å²) in [5.41, 5.74) is 11.5. The zero-order chi connectivity index (χ0) is 18.0. The lowest BCUT2D eigenvalue weighted by molar-refractivity contribution is 0.762.